The third-order valence-electron chi connectivity index (χ3n) is 5.42. The molecule has 28 heavy (non-hydrogen) atoms. The van der Waals surface area contributed by atoms with Gasteiger partial charge in [-0.1, -0.05) is 26.2 Å². The van der Waals surface area contributed by atoms with Crippen molar-refractivity contribution < 1.29 is 34.8 Å². The van der Waals surface area contributed by atoms with Gasteiger partial charge >= 0.3 is 0 Å². The summed E-state index contributed by atoms with van der Waals surface area (Å²) in [6, 6.07) is 1.16. The highest BCUT2D eigenvalue weighted by atomic mass is 16.5. The van der Waals surface area contributed by atoms with E-state index in [0.29, 0.717) is 6.42 Å². The number of hydrogen-bond acceptors (Lipinski definition) is 7. The highest BCUT2D eigenvalue weighted by molar-refractivity contribution is 6.19. The number of hydrogen-bond donors (Lipinski definition) is 4. The average Bonchev–Trinajstić information content (AvgIpc) is 2.63. The molecule has 0 radical (unpaired) electrons. The SMILES string of the molecule is CCCCC[C@H](OC)c1c(O)cc2c(c1O)C(=O)C1C(O)=CC(O)=CC1C2=O. The smallest absolute Gasteiger partial charge is 0.178 e. The number of methoxy groups -OCH3 is 1. The molecule has 0 fully saturated rings. The standard InChI is InChI=1S/C21H24O7/c1-3-4-5-6-15(28-2)18-14(24)9-12-17(21(18)27)20(26)16-11(19(12)25)7-10(22)8-13(16)23/h7-9,11,15-16,22-24,27H,3-6H2,1-2H3/t11?,15-,16?/m0/s1. The van der Waals surface area contributed by atoms with Crippen LogP contribution in [0.3, 0.4) is 0 Å². The van der Waals surface area contributed by atoms with E-state index in [-0.39, 0.29) is 28.2 Å². The maximum atomic E-state index is 13.0. The number of fused-ring (bicyclic) bond motifs is 2. The van der Waals surface area contributed by atoms with E-state index in [2.05, 4.69) is 0 Å². The number of carbonyl (C=O) groups is 2. The Morgan fingerprint density at radius 3 is 2.46 bits per heavy atom. The van der Waals surface area contributed by atoms with E-state index in [0.717, 1.165) is 31.4 Å². The number of aliphatic hydroxyl groups is 2. The fourth-order valence-electron chi connectivity index (χ4n) is 4.00. The van der Waals surface area contributed by atoms with Crippen LogP contribution in [0.25, 0.3) is 0 Å². The Kier molecular flexibility index (Phi) is 5.47. The zero-order chi connectivity index (χ0) is 20.6. The third-order valence-corrected chi connectivity index (χ3v) is 5.42. The number of benzene rings is 1. The predicted octanol–water partition coefficient (Wildman–Crippen LogP) is 3.87. The molecule has 0 spiro atoms. The lowest BCUT2D eigenvalue weighted by atomic mass is 9.70. The summed E-state index contributed by atoms with van der Waals surface area (Å²) in [5, 5.41) is 41.1. The van der Waals surface area contributed by atoms with E-state index in [4.69, 9.17) is 4.74 Å². The number of phenols is 2. The van der Waals surface area contributed by atoms with Gasteiger partial charge in [0, 0.05) is 18.7 Å². The first kappa shape index (κ1) is 19.9. The van der Waals surface area contributed by atoms with Crippen LogP contribution < -0.4 is 0 Å². The third kappa shape index (κ3) is 3.16. The highest BCUT2D eigenvalue weighted by Crippen LogP contribution is 2.47. The average molecular weight is 388 g/mol. The first-order valence-electron chi connectivity index (χ1n) is 9.33. The van der Waals surface area contributed by atoms with Crippen molar-refractivity contribution in [1.29, 1.82) is 0 Å². The molecule has 7 heteroatoms. The summed E-state index contributed by atoms with van der Waals surface area (Å²) in [6.07, 6.45) is 4.83. The molecule has 150 valence electrons. The summed E-state index contributed by atoms with van der Waals surface area (Å²) >= 11 is 0. The van der Waals surface area contributed by atoms with Gasteiger partial charge in [-0.15, -0.1) is 0 Å². The molecule has 1 aromatic carbocycles. The van der Waals surface area contributed by atoms with Crippen LogP contribution in [0.15, 0.2) is 29.7 Å². The van der Waals surface area contributed by atoms with E-state index in [1.165, 1.54) is 13.2 Å². The van der Waals surface area contributed by atoms with Crippen LogP contribution in [0.2, 0.25) is 0 Å². The number of allylic oxidation sites excluding steroid dienone is 3. The molecule has 0 aliphatic heterocycles. The van der Waals surface area contributed by atoms with E-state index < -0.39 is 41.0 Å². The Bertz CT molecular complexity index is 881. The lowest BCUT2D eigenvalue weighted by Gasteiger charge is -2.32. The van der Waals surface area contributed by atoms with Gasteiger partial charge in [-0.2, -0.15) is 0 Å². The first-order chi connectivity index (χ1) is 13.3. The van der Waals surface area contributed by atoms with Crippen molar-refractivity contribution in [2.45, 2.75) is 38.7 Å². The minimum atomic E-state index is -1.21. The lowest BCUT2D eigenvalue weighted by Crippen LogP contribution is -2.38. The van der Waals surface area contributed by atoms with Crippen LogP contribution in [0, 0.1) is 11.8 Å². The number of aromatic hydroxyl groups is 2. The van der Waals surface area contributed by atoms with Crippen molar-refractivity contribution in [3.05, 3.63) is 46.4 Å². The highest BCUT2D eigenvalue weighted by Gasteiger charge is 2.47. The Morgan fingerprint density at radius 1 is 1.11 bits per heavy atom. The fraction of sp³-hybridized carbons (Fsp3) is 0.429. The van der Waals surface area contributed by atoms with Gasteiger partial charge in [0.25, 0.3) is 0 Å². The van der Waals surface area contributed by atoms with Gasteiger partial charge in [0.05, 0.1) is 29.1 Å². The molecule has 0 aromatic heterocycles. The minimum Gasteiger partial charge on any atom is -0.511 e. The number of unbranched alkanes of at least 4 members (excludes halogenated alkanes) is 2. The molecule has 0 saturated carbocycles. The predicted molar refractivity (Wildman–Crippen MR) is 101 cm³/mol. The van der Waals surface area contributed by atoms with Gasteiger partial charge in [-0.25, -0.2) is 0 Å². The lowest BCUT2D eigenvalue weighted by molar-refractivity contribution is 0.0742. The Balaban J connectivity index is 2.11. The van der Waals surface area contributed by atoms with Crippen molar-refractivity contribution in [2.24, 2.45) is 11.8 Å². The summed E-state index contributed by atoms with van der Waals surface area (Å²) in [4.78, 5) is 25.9. The van der Waals surface area contributed by atoms with Gasteiger partial charge in [0.1, 0.15) is 23.0 Å². The van der Waals surface area contributed by atoms with Crippen LogP contribution in [-0.4, -0.2) is 39.1 Å². The molecular formula is C21H24O7. The second-order valence-corrected chi connectivity index (χ2v) is 7.19. The van der Waals surface area contributed by atoms with E-state index in [1.807, 2.05) is 6.92 Å². The van der Waals surface area contributed by atoms with E-state index in [1.54, 1.807) is 0 Å². The Hall–Kier alpha value is -2.80. The molecule has 2 unspecified atom stereocenters. The van der Waals surface area contributed by atoms with Crippen molar-refractivity contribution in [3.8, 4) is 11.5 Å². The summed E-state index contributed by atoms with van der Waals surface area (Å²) in [7, 11) is 1.45. The second-order valence-electron chi connectivity index (χ2n) is 7.19. The maximum absolute atomic E-state index is 13.0. The first-order valence-corrected chi connectivity index (χ1v) is 9.33. The zero-order valence-corrected chi connectivity index (χ0v) is 15.8. The summed E-state index contributed by atoms with van der Waals surface area (Å²) in [5.41, 5.74) is -0.298. The Labute approximate surface area is 162 Å². The quantitative estimate of drug-likeness (QED) is 0.545. The van der Waals surface area contributed by atoms with Gasteiger partial charge in [0.2, 0.25) is 0 Å². The molecule has 3 atom stereocenters. The summed E-state index contributed by atoms with van der Waals surface area (Å²) in [6.45, 7) is 2.05. The van der Waals surface area contributed by atoms with E-state index >= 15 is 0 Å². The van der Waals surface area contributed by atoms with Crippen molar-refractivity contribution in [1.82, 2.24) is 0 Å². The molecule has 1 aromatic rings. The summed E-state index contributed by atoms with van der Waals surface area (Å²) < 4.78 is 5.42. The number of phenolic OH excluding ortho intramolecular Hbond substituents is 2. The van der Waals surface area contributed by atoms with E-state index in [9.17, 15) is 30.0 Å². The van der Waals surface area contributed by atoms with Gasteiger partial charge in [-0.05, 0) is 18.6 Å². The molecular weight excluding hydrogens is 364 g/mol. The van der Waals surface area contributed by atoms with Crippen molar-refractivity contribution in [2.75, 3.05) is 7.11 Å². The minimum absolute atomic E-state index is 0.0645. The number of ketones is 2. The number of rotatable bonds is 6. The fourth-order valence-corrected chi connectivity index (χ4v) is 4.00. The van der Waals surface area contributed by atoms with Crippen LogP contribution in [0.4, 0.5) is 0 Å². The van der Waals surface area contributed by atoms with Crippen LogP contribution in [0.5, 0.6) is 11.5 Å². The maximum Gasteiger partial charge on any atom is 0.178 e. The largest absolute Gasteiger partial charge is 0.511 e. The second kappa shape index (κ2) is 7.67. The molecule has 0 heterocycles. The molecule has 4 N–H and O–H groups in total. The van der Waals surface area contributed by atoms with Crippen LogP contribution >= 0.6 is 0 Å². The van der Waals surface area contributed by atoms with Gasteiger partial charge in [0.15, 0.2) is 11.6 Å². The monoisotopic (exact) mass is 388 g/mol. The molecule has 0 saturated heterocycles. The number of aliphatic hydroxyl groups excluding tert-OH is 2. The van der Waals surface area contributed by atoms with Gasteiger partial charge in [-0.3, -0.25) is 9.59 Å². The number of Topliss-reactive ketones (excluding diaryl/α,β-unsaturated/α-hetero) is 2. The molecule has 0 bridgehead atoms. The van der Waals surface area contributed by atoms with Crippen LogP contribution in [-0.2, 0) is 4.74 Å². The molecule has 3 rings (SSSR count). The molecule has 7 nitrogen and oxygen atoms in total. The molecule has 2 aliphatic carbocycles. The van der Waals surface area contributed by atoms with Crippen LogP contribution in [0.1, 0.15) is 65.0 Å². The molecule has 2 aliphatic rings. The van der Waals surface area contributed by atoms with Crippen molar-refractivity contribution >= 4 is 11.6 Å². The number of carbonyl (C=O) groups excluding carboxylic acids is 2. The zero-order valence-electron chi connectivity index (χ0n) is 15.8. The normalized spacial score (nSPS) is 22.2. The number of ether oxygens (including phenoxy) is 1. The molecule has 0 amide bonds. The summed E-state index contributed by atoms with van der Waals surface area (Å²) in [5.74, 6) is -5.08. The van der Waals surface area contributed by atoms with Crippen molar-refractivity contribution in [3.63, 3.8) is 0 Å². The Morgan fingerprint density at radius 2 is 1.82 bits per heavy atom. The topological polar surface area (TPSA) is 124 Å². The van der Waals surface area contributed by atoms with Gasteiger partial charge < -0.3 is 25.2 Å².